The Morgan fingerprint density at radius 2 is 2.25 bits per heavy atom. The van der Waals surface area contributed by atoms with Gasteiger partial charge in [0.25, 0.3) is 0 Å². The standard InChI is InChI=1S/C22H28N2O4/c1-4-14-5-8-19-22-21(9-10-24(19)12-14,17(13-28-22)20(26)27-3)16-11-15(25)6-7-18(16)23(22)2/h4,6-7,11,17,19,25H,5,8-10,12-13H2,1-3H3/b14-4+. The molecule has 3 saturated heterocycles. The smallest absolute Gasteiger partial charge is 0.312 e. The lowest BCUT2D eigenvalue weighted by Crippen LogP contribution is -2.73. The number of likely N-dealkylation sites (N-methyl/N-ethyl adjacent to an activating group) is 1. The van der Waals surface area contributed by atoms with Crippen LogP contribution in [0.15, 0.2) is 29.8 Å². The molecule has 4 unspecified atom stereocenters. The molecule has 0 spiro atoms. The number of phenols is 1. The third-order valence-corrected chi connectivity index (χ3v) is 7.75. The fourth-order valence-electron chi connectivity index (χ4n) is 6.57. The lowest BCUT2D eigenvalue weighted by atomic mass is 9.59. The van der Waals surface area contributed by atoms with E-state index in [1.807, 2.05) is 12.1 Å². The molecule has 6 heteroatoms. The van der Waals surface area contributed by atoms with Gasteiger partial charge in [-0.05, 0) is 49.9 Å². The second-order valence-corrected chi connectivity index (χ2v) is 8.54. The Morgan fingerprint density at radius 3 is 3.00 bits per heavy atom. The molecule has 1 aromatic rings. The van der Waals surface area contributed by atoms with Crippen LogP contribution in [0.1, 0.15) is 31.7 Å². The highest BCUT2D eigenvalue weighted by Gasteiger charge is 2.75. The highest BCUT2D eigenvalue weighted by atomic mass is 16.5. The first-order valence-electron chi connectivity index (χ1n) is 10.2. The highest BCUT2D eigenvalue weighted by molar-refractivity contribution is 5.81. The van der Waals surface area contributed by atoms with Gasteiger partial charge in [-0.15, -0.1) is 0 Å². The lowest BCUT2D eigenvalue weighted by molar-refractivity contribution is -0.150. The van der Waals surface area contributed by atoms with E-state index >= 15 is 0 Å². The number of nitrogens with zero attached hydrogens (tertiary/aromatic N) is 2. The number of anilines is 1. The summed E-state index contributed by atoms with van der Waals surface area (Å²) >= 11 is 0. The van der Waals surface area contributed by atoms with Crippen molar-refractivity contribution in [1.82, 2.24) is 4.90 Å². The molecule has 28 heavy (non-hydrogen) atoms. The number of esters is 1. The molecular weight excluding hydrogens is 356 g/mol. The summed E-state index contributed by atoms with van der Waals surface area (Å²) in [5.74, 6) is -0.353. The first kappa shape index (κ1) is 18.0. The first-order chi connectivity index (χ1) is 13.5. The number of carbonyl (C=O) groups is 1. The average molecular weight is 384 g/mol. The van der Waals surface area contributed by atoms with Gasteiger partial charge >= 0.3 is 5.97 Å². The molecule has 4 atom stereocenters. The van der Waals surface area contributed by atoms with Gasteiger partial charge in [0.1, 0.15) is 5.75 Å². The SMILES string of the molecule is C/C=C1\CCC2N(CCC34c5cc(O)ccc5N(C)C23OCC4C(=O)OC)C1. The number of ether oxygens (including phenoxy) is 2. The van der Waals surface area contributed by atoms with E-state index in [9.17, 15) is 9.90 Å². The predicted octanol–water partition coefficient (Wildman–Crippen LogP) is 2.41. The van der Waals surface area contributed by atoms with Gasteiger partial charge < -0.3 is 19.5 Å². The van der Waals surface area contributed by atoms with E-state index in [-0.39, 0.29) is 23.7 Å². The number of rotatable bonds is 1. The Labute approximate surface area is 165 Å². The second kappa shape index (κ2) is 5.97. The number of hydrogen-bond acceptors (Lipinski definition) is 6. The van der Waals surface area contributed by atoms with Crippen molar-refractivity contribution in [2.45, 2.75) is 43.4 Å². The molecule has 150 valence electrons. The largest absolute Gasteiger partial charge is 0.508 e. The van der Waals surface area contributed by atoms with Crippen molar-refractivity contribution in [2.75, 3.05) is 38.8 Å². The van der Waals surface area contributed by atoms with Crippen LogP contribution in [0.25, 0.3) is 0 Å². The molecule has 1 aromatic carbocycles. The number of carbonyl (C=O) groups excluding carboxylic acids is 1. The number of fused-ring (bicyclic) bond motifs is 2. The maximum absolute atomic E-state index is 12.9. The van der Waals surface area contributed by atoms with Crippen LogP contribution >= 0.6 is 0 Å². The molecule has 4 aliphatic rings. The topological polar surface area (TPSA) is 62.2 Å². The molecule has 0 bridgehead atoms. The average Bonchev–Trinajstić information content (AvgIpc) is 3.18. The van der Waals surface area contributed by atoms with Gasteiger partial charge in [-0.1, -0.05) is 11.6 Å². The number of allylic oxidation sites excluding steroid dienone is 1. The Morgan fingerprint density at radius 1 is 1.43 bits per heavy atom. The third kappa shape index (κ3) is 1.93. The Hall–Kier alpha value is -2.05. The molecular formula is C22H28N2O4. The molecule has 0 aliphatic carbocycles. The minimum Gasteiger partial charge on any atom is -0.508 e. The summed E-state index contributed by atoms with van der Waals surface area (Å²) in [5, 5.41) is 10.3. The van der Waals surface area contributed by atoms with E-state index in [4.69, 9.17) is 9.47 Å². The fourth-order valence-corrected chi connectivity index (χ4v) is 6.57. The molecule has 4 heterocycles. The Balaban J connectivity index is 1.72. The van der Waals surface area contributed by atoms with Crippen LogP contribution in [0, 0.1) is 5.92 Å². The normalized spacial score (nSPS) is 38.0. The summed E-state index contributed by atoms with van der Waals surface area (Å²) in [7, 11) is 3.53. The third-order valence-electron chi connectivity index (χ3n) is 7.75. The van der Waals surface area contributed by atoms with Gasteiger partial charge in [0.05, 0.1) is 31.1 Å². The van der Waals surface area contributed by atoms with Crippen molar-refractivity contribution in [2.24, 2.45) is 5.92 Å². The van der Waals surface area contributed by atoms with Crippen LogP contribution < -0.4 is 4.90 Å². The van der Waals surface area contributed by atoms with Crippen molar-refractivity contribution in [3.8, 4) is 5.75 Å². The summed E-state index contributed by atoms with van der Waals surface area (Å²) < 4.78 is 11.9. The molecule has 3 fully saturated rings. The van der Waals surface area contributed by atoms with Crippen molar-refractivity contribution < 1.29 is 19.4 Å². The molecule has 0 saturated carbocycles. The predicted molar refractivity (Wildman–Crippen MR) is 105 cm³/mol. The van der Waals surface area contributed by atoms with Gasteiger partial charge in [-0.25, -0.2) is 0 Å². The fraction of sp³-hybridized carbons (Fsp3) is 0.591. The number of piperidine rings is 2. The molecule has 1 N–H and O–H groups in total. The van der Waals surface area contributed by atoms with Crippen LogP contribution in [0.3, 0.4) is 0 Å². The Kier molecular flexibility index (Phi) is 3.84. The lowest BCUT2D eigenvalue weighted by Gasteiger charge is -2.58. The highest BCUT2D eigenvalue weighted by Crippen LogP contribution is 2.66. The summed E-state index contributed by atoms with van der Waals surface area (Å²) in [6.07, 6.45) is 5.09. The van der Waals surface area contributed by atoms with Gasteiger partial charge in [0, 0.05) is 25.8 Å². The monoisotopic (exact) mass is 384 g/mol. The second-order valence-electron chi connectivity index (χ2n) is 8.54. The van der Waals surface area contributed by atoms with Crippen molar-refractivity contribution in [3.63, 3.8) is 0 Å². The van der Waals surface area contributed by atoms with E-state index in [1.54, 1.807) is 6.07 Å². The minimum atomic E-state index is -0.612. The van der Waals surface area contributed by atoms with Crippen molar-refractivity contribution in [1.29, 1.82) is 0 Å². The summed E-state index contributed by atoms with van der Waals surface area (Å²) in [6.45, 7) is 4.33. The quantitative estimate of drug-likeness (QED) is 0.593. The molecule has 6 nitrogen and oxygen atoms in total. The summed E-state index contributed by atoms with van der Waals surface area (Å²) in [5.41, 5.74) is 2.43. The van der Waals surface area contributed by atoms with E-state index in [0.29, 0.717) is 6.61 Å². The van der Waals surface area contributed by atoms with Crippen LogP contribution in [-0.4, -0.2) is 61.6 Å². The number of aromatic hydroxyl groups is 1. The van der Waals surface area contributed by atoms with Crippen LogP contribution in [0.5, 0.6) is 5.75 Å². The molecule has 0 amide bonds. The van der Waals surface area contributed by atoms with Crippen molar-refractivity contribution in [3.05, 3.63) is 35.4 Å². The van der Waals surface area contributed by atoms with Crippen LogP contribution in [0.2, 0.25) is 0 Å². The van der Waals surface area contributed by atoms with Gasteiger partial charge in [0.15, 0.2) is 5.72 Å². The number of methoxy groups -OCH3 is 1. The number of phenolic OH excluding ortho intramolecular Hbond substituents is 1. The first-order valence-corrected chi connectivity index (χ1v) is 10.2. The van der Waals surface area contributed by atoms with E-state index in [0.717, 1.165) is 43.6 Å². The Bertz CT molecular complexity index is 868. The zero-order chi connectivity index (χ0) is 19.7. The molecule has 4 aliphatic heterocycles. The van der Waals surface area contributed by atoms with Crippen LogP contribution in [0.4, 0.5) is 5.69 Å². The van der Waals surface area contributed by atoms with E-state index in [1.165, 1.54) is 12.7 Å². The minimum absolute atomic E-state index is 0.194. The zero-order valence-corrected chi connectivity index (χ0v) is 16.8. The van der Waals surface area contributed by atoms with Gasteiger partial charge in [-0.3, -0.25) is 9.69 Å². The van der Waals surface area contributed by atoms with E-state index in [2.05, 4.69) is 29.8 Å². The maximum Gasteiger partial charge on any atom is 0.312 e. The number of hydrogen-bond donors (Lipinski definition) is 1. The number of benzene rings is 1. The molecule has 0 radical (unpaired) electrons. The maximum atomic E-state index is 12.9. The van der Waals surface area contributed by atoms with Crippen LogP contribution in [-0.2, 0) is 19.7 Å². The molecule has 0 aromatic heterocycles. The summed E-state index contributed by atoms with van der Waals surface area (Å²) in [4.78, 5) is 17.6. The van der Waals surface area contributed by atoms with Gasteiger partial charge in [-0.2, -0.15) is 0 Å². The summed E-state index contributed by atoms with van der Waals surface area (Å²) in [6, 6.07) is 5.71. The molecule has 5 rings (SSSR count). The zero-order valence-electron chi connectivity index (χ0n) is 16.8. The van der Waals surface area contributed by atoms with Gasteiger partial charge in [0.2, 0.25) is 0 Å². The van der Waals surface area contributed by atoms with E-state index < -0.39 is 11.1 Å². The van der Waals surface area contributed by atoms with Crippen molar-refractivity contribution >= 4 is 11.7 Å².